The maximum Gasteiger partial charge on any atom is 0.338 e. The van der Waals surface area contributed by atoms with E-state index in [-0.39, 0.29) is 30.5 Å². The first-order valence-electron chi connectivity index (χ1n) is 15.5. The smallest absolute Gasteiger partial charge is 0.338 e. The fourth-order valence-electron chi connectivity index (χ4n) is 5.32. The molecule has 1 aromatic heterocycles. The van der Waals surface area contributed by atoms with E-state index >= 15 is 0 Å². The number of carbonyl (C=O) groups is 1. The number of rotatable bonds is 12. The van der Waals surface area contributed by atoms with Crippen molar-refractivity contribution in [2.24, 2.45) is 4.99 Å². The van der Waals surface area contributed by atoms with Crippen LogP contribution in [-0.4, -0.2) is 37.0 Å². The van der Waals surface area contributed by atoms with Gasteiger partial charge in [-0.15, -0.1) is 0 Å². The zero-order valence-corrected chi connectivity index (χ0v) is 31.7. The Kier molecular flexibility index (Phi) is 11.8. The molecule has 0 unspecified atom stereocenters. The summed E-state index contributed by atoms with van der Waals surface area (Å²) in [6.45, 7) is 9.98. The Labute approximate surface area is 306 Å². The molecule has 0 spiro atoms. The lowest BCUT2D eigenvalue weighted by Gasteiger charge is -2.25. The Hall–Kier alpha value is -3.77. The standard InChI is InChI=1S/C36H35BrCl2N2O7S/c1-7-45-29-15-22(13-24(37)33(29)47-18-21-9-11-25(38)26(39)14-21)16-30-34(42)41-32(23-10-12-27(48-19(3)4)28(17-23)44-6)31(35(43)46-8-2)20(5)40-36(41)49-30/h9-17,19,32H,7-8,18H2,1-6H3/b30-16+/t32-/m0/s1. The summed E-state index contributed by atoms with van der Waals surface area (Å²) in [7, 11) is 1.55. The number of halogens is 3. The third-order valence-corrected chi connectivity index (χ3v) is 9.69. The highest BCUT2D eigenvalue weighted by molar-refractivity contribution is 9.10. The molecule has 1 aliphatic heterocycles. The molecule has 0 radical (unpaired) electrons. The van der Waals surface area contributed by atoms with Gasteiger partial charge in [-0.3, -0.25) is 9.36 Å². The van der Waals surface area contributed by atoms with Gasteiger partial charge in [0.15, 0.2) is 27.8 Å². The van der Waals surface area contributed by atoms with Crippen molar-refractivity contribution < 1.29 is 28.5 Å². The van der Waals surface area contributed by atoms with E-state index in [0.29, 0.717) is 70.3 Å². The molecule has 0 saturated heterocycles. The first-order valence-corrected chi connectivity index (χ1v) is 17.9. The molecule has 49 heavy (non-hydrogen) atoms. The molecular weight excluding hydrogens is 755 g/mol. The van der Waals surface area contributed by atoms with Gasteiger partial charge in [-0.1, -0.05) is 46.7 Å². The highest BCUT2D eigenvalue weighted by atomic mass is 79.9. The molecule has 5 rings (SSSR count). The third kappa shape index (κ3) is 8.01. The van der Waals surface area contributed by atoms with Crippen LogP contribution in [0.3, 0.4) is 0 Å². The minimum Gasteiger partial charge on any atom is -0.493 e. The SMILES string of the molecule is CCOC(=O)C1=C(C)N=c2s/c(=C/c3cc(Br)c(OCc4ccc(Cl)c(Cl)c4)c(OCC)c3)c(=O)n2[C@H]1c1ccc(OC(C)C)c(OC)c1. The van der Waals surface area contributed by atoms with E-state index in [9.17, 15) is 9.59 Å². The number of aromatic nitrogens is 1. The predicted molar refractivity (Wildman–Crippen MR) is 195 cm³/mol. The van der Waals surface area contributed by atoms with Gasteiger partial charge in [-0.2, -0.15) is 0 Å². The van der Waals surface area contributed by atoms with Gasteiger partial charge in [0.25, 0.3) is 5.56 Å². The largest absolute Gasteiger partial charge is 0.493 e. The summed E-state index contributed by atoms with van der Waals surface area (Å²) in [5.74, 6) is 1.46. The number of thiazole rings is 1. The van der Waals surface area contributed by atoms with Gasteiger partial charge >= 0.3 is 5.97 Å². The summed E-state index contributed by atoms with van der Waals surface area (Å²) in [5.41, 5.74) is 2.58. The summed E-state index contributed by atoms with van der Waals surface area (Å²) >= 11 is 17.1. The van der Waals surface area contributed by atoms with Crippen LogP contribution in [0.1, 0.15) is 57.4 Å². The van der Waals surface area contributed by atoms with E-state index in [2.05, 4.69) is 20.9 Å². The number of hydrogen-bond donors (Lipinski definition) is 0. The van der Waals surface area contributed by atoms with E-state index in [1.807, 2.05) is 45.0 Å². The molecule has 1 atom stereocenters. The number of methoxy groups -OCH3 is 1. The third-order valence-electron chi connectivity index (χ3n) is 7.38. The number of carbonyl (C=O) groups excluding carboxylic acids is 1. The highest BCUT2D eigenvalue weighted by Crippen LogP contribution is 2.39. The van der Waals surface area contributed by atoms with Crippen molar-refractivity contribution in [3.63, 3.8) is 0 Å². The average molecular weight is 791 g/mol. The minimum atomic E-state index is -0.817. The van der Waals surface area contributed by atoms with Crippen LogP contribution >= 0.6 is 50.5 Å². The van der Waals surface area contributed by atoms with Gasteiger partial charge < -0.3 is 23.7 Å². The highest BCUT2D eigenvalue weighted by Gasteiger charge is 2.34. The first kappa shape index (κ1) is 36.5. The van der Waals surface area contributed by atoms with Crippen LogP contribution in [0.5, 0.6) is 23.0 Å². The average Bonchev–Trinajstić information content (AvgIpc) is 3.35. The van der Waals surface area contributed by atoms with E-state index < -0.39 is 12.0 Å². The second kappa shape index (κ2) is 15.8. The molecule has 3 aromatic carbocycles. The molecule has 0 fully saturated rings. The van der Waals surface area contributed by atoms with Gasteiger partial charge in [-0.25, -0.2) is 9.79 Å². The Morgan fingerprint density at radius 1 is 1.02 bits per heavy atom. The Morgan fingerprint density at radius 3 is 2.47 bits per heavy atom. The van der Waals surface area contributed by atoms with Crippen LogP contribution in [0.4, 0.5) is 0 Å². The Bertz CT molecular complexity index is 2110. The van der Waals surface area contributed by atoms with Crippen molar-refractivity contribution in [1.29, 1.82) is 0 Å². The topological polar surface area (TPSA) is 97.6 Å². The minimum absolute atomic E-state index is 0.0823. The van der Waals surface area contributed by atoms with Gasteiger partial charge in [0, 0.05) is 0 Å². The maximum atomic E-state index is 14.2. The van der Waals surface area contributed by atoms with E-state index in [1.165, 1.54) is 15.9 Å². The fraction of sp³-hybridized carbons (Fsp3) is 0.306. The van der Waals surface area contributed by atoms with E-state index in [4.69, 9.17) is 46.9 Å². The lowest BCUT2D eigenvalue weighted by molar-refractivity contribution is -0.139. The van der Waals surface area contributed by atoms with Crippen LogP contribution in [-0.2, 0) is 16.1 Å². The molecule has 0 amide bonds. The van der Waals surface area contributed by atoms with Crippen LogP contribution in [0.15, 0.2) is 74.1 Å². The number of allylic oxidation sites excluding steroid dienone is 1. The summed E-state index contributed by atoms with van der Waals surface area (Å²) in [4.78, 5) is 32.7. The van der Waals surface area contributed by atoms with Crippen molar-refractivity contribution in [2.45, 2.75) is 53.4 Å². The molecular formula is C36H35BrCl2N2O7S. The zero-order chi connectivity index (χ0) is 35.4. The summed E-state index contributed by atoms with van der Waals surface area (Å²) in [6.07, 6.45) is 1.68. The Balaban J connectivity index is 1.60. The van der Waals surface area contributed by atoms with Crippen molar-refractivity contribution in [3.05, 3.63) is 111 Å². The summed E-state index contributed by atoms with van der Waals surface area (Å²) in [5, 5.41) is 0.899. The molecule has 1 aliphatic rings. The molecule has 0 bridgehead atoms. The van der Waals surface area contributed by atoms with Crippen molar-refractivity contribution in [2.75, 3.05) is 20.3 Å². The van der Waals surface area contributed by atoms with Gasteiger partial charge in [0.2, 0.25) is 0 Å². The number of nitrogens with zero attached hydrogens (tertiary/aromatic N) is 2. The van der Waals surface area contributed by atoms with Gasteiger partial charge in [0.05, 0.1) is 62.8 Å². The predicted octanol–water partition coefficient (Wildman–Crippen LogP) is 7.64. The molecule has 0 N–H and O–H groups in total. The molecule has 0 saturated carbocycles. The maximum absolute atomic E-state index is 14.2. The van der Waals surface area contributed by atoms with Crippen LogP contribution in [0.25, 0.3) is 6.08 Å². The number of ether oxygens (including phenoxy) is 5. The normalized spacial score (nSPS) is 14.4. The van der Waals surface area contributed by atoms with Crippen LogP contribution < -0.4 is 33.8 Å². The molecule has 4 aromatic rings. The Morgan fingerprint density at radius 2 is 1.80 bits per heavy atom. The zero-order valence-electron chi connectivity index (χ0n) is 27.8. The number of esters is 1. The monoisotopic (exact) mass is 788 g/mol. The number of fused-ring (bicyclic) bond motifs is 1. The first-order chi connectivity index (χ1) is 23.4. The van der Waals surface area contributed by atoms with Crippen LogP contribution in [0.2, 0.25) is 10.0 Å². The lowest BCUT2D eigenvalue weighted by Crippen LogP contribution is -2.40. The summed E-state index contributed by atoms with van der Waals surface area (Å²) < 4.78 is 31.7. The van der Waals surface area contributed by atoms with Crippen molar-refractivity contribution in [1.82, 2.24) is 4.57 Å². The van der Waals surface area contributed by atoms with Gasteiger partial charge in [-0.05, 0) is 110 Å². The van der Waals surface area contributed by atoms with E-state index in [0.717, 1.165) is 5.56 Å². The lowest BCUT2D eigenvalue weighted by atomic mass is 9.95. The summed E-state index contributed by atoms with van der Waals surface area (Å²) in [6, 6.07) is 13.5. The van der Waals surface area contributed by atoms with Crippen LogP contribution in [0, 0.1) is 0 Å². The van der Waals surface area contributed by atoms with Crippen molar-refractivity contribution in [3.8, 4) is 23.0 Å². The van der Waals surface area contributed by atoms with E-state index in [1.54, 1.807) is 51.3 Å². The fourth-order valence-corrected chi connectivity index (χ4v) is 7.26. The molecule has 0 aliphatic carbocycles. The van der Waals surface area contributed by atoms with Crippen molar-refractivity contribution >= 4 is 62.5 Å². The quantitative estimate of drug-likeness (QED) is 0.136. The second-order valence-electron chi connectivity index (χ2n) is 11.2. The number of hydrogen-bond acceptors (Lipinski definition) is 9. The molecule has 258 valence electrons. The molecule has 9 nitrogen and oxygen atoms in total. The molecule has 2 heterocycles. The number of benzene rings is 3. The second-order valence-corrected chi connectivity index (χ2v) is 13.9. The molecule has 13 heteroatoms. The van der Waals surface area contributed by atoms with Gasteiger partial charge in [0.1, 0.15) is 6.61 Å².